The minimum absolute atomic E-state index is 0.189. The van der Waals surface area contributed by atoms with Crippen LogP contribution in [0.2, 0.25) is 0 Å². The van der Waals surface area contributed by atoms with Gasteiger partial charge in [-0.1, -0.05) is 30.3 Å². The number of aromatic nitrogens is 2. The Bertz CT molecular complexity index is 935. The summed E-state index contributed by atoms with van der Waals surface area (Å²) >= 11 is 0. The maximum atomic E-state index is 6.16. The van der Waals surface area contributed by atoms with Gasteiger partial charge in [-0.3, -0.25) is 0 Å². The summed E-state index contributed by atoms with van der Waals surface area (Å²) in [5.74, 6) is 2.83. The highest BCUT2D eigenvalue weighted by atomic mass is 16.7. The van der Waals surface area contributed by atoms with Crippen molar-refractivity contribution >= 4 is 0 Å². The average Bonchev–Trinajstić information content (AvgIpc) is 3.25. The van der Waals surface area contributed by atoms with Gasteiger partial charge in [-0.15, -0.1) is 0 Å². The summed E-state index contributed by atoms with van der Waals surface area (Å²) < 4.78 is 23.6. The third-order valence-electron chi connectivity index (χ3n) is 4.95. The monoisotopic (exact) mass is 378 g/mol. The van der Waals surface area contributed by atoms with Gasteiger partial charge in [-0.2, -0.15) is 0 Å². The molecule has 28 heavy (non-hydrogen) atoms. The topological polar surface area (TPSA) is 65.6 Å². The highest BCUT2D eigenvalue weighted by Crippen LogP contribution is 2.39. The van der Waals surface area contributed by atoms with E-state index in [0.29, 0.717) is 18.1 Å². The van der Waals surface area contributed by atoms with E-state index in [1.54, 1.807) is 0 Å². The van der Waals surface area contributed by atoms with Gasteiger partial charge < -0.3 is 23.9 Å². The van der Waals surface area contributed by atoms with Gasteiger partial charge in [-0.05, 0) is 25.0 Å². The second kappa shape index (κ2) is 7.56. The van der Waals surface area contributed by atoms with E-state index >= 15 is 0 Å². The molecule has 0 spiro atoms. The molecule has 6 heteroatoms. The number of H-pyrrole nitrogens is 1. The number of fused-ring (bicyclic) bond motifs is 1. The number of imidazole rings is 1. The normalized spacial score (nSPS) is 21.3. The molecule has 0 saturated carbocycles. The maximum Gasteiger partial charge on any atom is 0.199 e. The van der Waals surface area contributed by atoms with Crippen LogP contribution in [0.15, 0.2) is 54.7 Å². The van der Waals surface area contributed by atoms with Crippen LogP contribution >= 0.6 is 0 Å². The number of nitrogens with one attached hydrogen (secondary N) is 1. The van der Waals surface area contributed by atoms with Gasteiger partial charge in [0.25, 0.3) is 0 Å². The molecule has 1 saturated heterocycles. The van der Waals surface area contributed by atoms with Crippen LogP contribution in [0.3, 0.4) is 0 Å². The number of hydrogen-bond donors (Lipinski definition) is 1. The fraction of sp³-hybridized carbons (Fsp3) is 0.318. The lowest BCUT2D eigenvalue weighted by Gasteiger charge is -2.27. The average molecular weight is 378 g/mol. The molecule has 0 radical (unpaired) electrons. The molecule has 3 aromatic rings. The molecule has 2 aliphatic heterocycles. The Labute approximate surface area is 163 Å². The lowest BCUT2D eigenvalue weighted by molar-refractivity contribution is -0.106. The van der Waals surface area contributed by atoms with Gasteiger partial charge in [0.1, 0.15) is 12.4 Å². The summed E-state index contributed by atoms with van der Waals surface area (Å²) in [5, 5.41) is 0. The fourth-order valence-corrected chi connectivity index (χ4v) is 3.47. The van der Waals surface area contributed by atoms with Crippen LogP contribution in [0, 0.1) is 0 Å². The molecule has 144 valence electrons. The minimum Gasteiger partial charge on any atom is -0.485 e. The Balaban J connectivity index is 1.31. The van der Waals surface area contributed by atoms with Gasteiger partial charge >= 0.3 is 0 Å². The summed E-state index contributed by atoms with van der Waals surface area (Å²) in [5.41, 5.74) is 1.95. The third-order valence-corrected chi connectivity index (χ3v) is 4.95. The van der Waals surface area contributed by atoms with E-state index in [1.807, 2.05) is 54.7 Å². The van der Waals surface area contributed by atoms with Crippen molar-refractivity contribution in [3.63, 3.8) is 0 Å². The standard InChI is InChI=1S/C22H22N2O4/c1-2-6-15(7-3-1)17-13-23-22(24-17)20-14-26-18-10-9-16(12-19(18)28-20)27-21-8-4-5-11-25-21/h1-3,6-7,9-10,12-13,20-21H,4-5,8,11,14H2,(H,23,24)/t20-,21?/m1/s1. The quantitative estimate of drug-likeness (QED) is 0.724. The molecule has 0 aliphatic carbocycles. The van der Waals surface area contributed by atoms with Crippen molar-refractivity contribution in [3.05, 3.63) is 60.6 Å². The van der Waals surface area contributed by atoms with E-state index in [4.69, 9.17) is 18.9 Å². The van der Waals surface area contributed by atoms with Crippen LogP contribution in [-0.2, 0) is 4.74 Å². The van der Waals surface area contributed by atoms with E-state index in [-0.39, 0.29) is 12.4 Å². The smallest absolute Gasteiger partial charge is 0.199 e. The molecule has 3 heterocycles. The van der Waals surface area contributed by atoms with Crippen LogP contribution in [0.1, 0.15) is 31.2 Å². The second-order valence-electron chi connectivity index (χ2n) is 6.98. The Hall–Kier alpha value is -2.99. The molecule has 0 bridgehead atoms. The van der Waals surface area contributed by atoms with Crippen molar-refractivity contribution in [2.24, 2.45) is 0 Å². The first-order valence-corrected chi connectivity index (χ1v) is 9.68. The number of benzene rings is 2. The van der Waals surface area contributed by atoms with E-state index in [0.717, 1.165) is 48.7 Å². The van der Waals surface area contributed by atoms with Gasteiger partial charge in [0.15, 0.2) is 29.7 Å². The van der Waals surface area contributed by atoms with Crippen molar-refractivity contribution < 1.29 is 18.9 Å². The maximum absolute atomic E-state index is 6.16. The van der Waals surface area contributed by atoms with Crippen molar-refractivity contribution in [1.82, 2.24) is 9.97 Å². The summed E-state index contributed by atoms with van der Waals surface area (Å²) in [6.07, 6.45) is 4.53. The zero-order valence-electron chi connectivity index (χ0n) is 15.5. The number of rotatable bonds is 4. The van der Waals surface area contributed by atoms with Gasteiger partial charge in [0.05, 0.1) is 12.3 Å². The Morgan fingerprint density at radius 3 is 2.82 bits per heavy atom. The summed E-state index contributed by atoms with van der Waals surface area (Å²) in [6, 6.07) is 15.7. The summed E-state index contributed by atoms with van der Waals surface area (Å²) in [4.78, 5) is 7.90. The van der Waals surface area contributed by atoms with Gasteiger partial charge in [0.2, 0.25) is 0 Å². The van der Waals surface area contributed by atoms with Crippen LogP contribution in [0.25, 0.3) is 11.3 Å². The highest BCUT2D eigenvalue weighted by molar-refractivity contribution is 5.58. The fourth-order valence-electron chi connectivity index (χ4n) is 3.47. The number of ether oxygens (including phenoxy) is 4. The van der Waals surface area contributed by atoms with E-state index < -0.39 is 0 Å². The number of nitrogens with zero attached hydrogens (tertiary/aromatic N) is 1. The first-order chi connectivity index (χ1) is 13.8. The van der Waals surface area contributed by atoms with Crippen LogP contribution in [-0.4, -0.2) is 29.5 Å². The molecular formula is C22H22N2O4. The first-order valence-electron chi connectivity index (χ1n) is 9.68. The molecule has 1 fully saturated rings. The molecule has 1 unspecified atom stereocenters. The third kappa shape index (κ3) is 3.55. The van der Waals surface area contributed by atoms with Crippen LogP contribution in [0.4, 0.5) is 0 Å². The van der Waals surface area contributed by atoms with Crippen molar-refractivity contribution in [1.29, 1.82) is 0 Å². The van der Waals surface area contributed by atoms with E-state index in [9.17, 15) is 0 Å². The molecule has 6 nitrogen and oxygen atoms in total. The lowest BCUT2D eigenvalue weighted by Crippen LogP contribution is -2.25. The number of hydrogen-bond acceptors (Lipinski definition) is 5. The molecule has 2 aliphatic rings. The molecular weight excluding hydrogens is 356 g/mol. The molecule has 1 aromatic heterocycles. The zero-order valence-corrected chi connectivity index (χ0v) is 15.5. The van der Waals surface area contributed by atoms with Gasteiger partial charge in [0, 0.05) is 24.2 Å². The Morgan fingerprint density at radius 1 is 1.04 bits per heavy atom. The van der Waals surface area contributed by atoms with Crippen LogP contribution in [0.5, 0.6) is 17.2 Å². The highest BCUT2D eigenvalue weighted by Gasteiger charge is 2.26. The van der Waals surface area contributed by atoms with Crippen molar-refractivity contribution in [2.75, 3.05) is 13.2 Å². The molecule has 2 atom stereocenters. The Morgan fingerprint density at radius 2 is 1.96 bits per heavy atom. The molecule has 5 rings (SSSR count). The predicted octanol–water partition coefficient (Wildman–Crippen LogP) is 4.49. The van der Waals surface area contributed by atoms with E-state index in [2.05, 4.69) is 9.97 Å². The van der Waals surface area contributed by atoms with Crippen LogP contribution < -0.4 is 14.2 Å². The minimum atomic E-state index is -0.300. The predicted molar refractivity (Wildman–Crippen MR) is 104 cm³/mol. The molecule has 2 aromatic carbocycles. The summed E-state index contributed by atoms with van der Waals surface area (Å²) in [7, 11) is 0. The lowest BCUT2D eigenvalue weighted by atomic mass is 10.2. The SMILES string of the molecule is c1ccc(-c2c[nH]c([C@H]3COc4ccc(OC5CCCCO5)cc4O3)n2)cc1. The van der Waals surface area contributed by atoms with Crippen molar-refractivity contribution in [3.8, 4) is 28.5 Å². The first kappa shape index (κ1) is 17.1. The molecule has 1 N–H and O–H groups in total. The summed E-state index contributed by atoms with van der Waals surface area (Å²) in [6.45, 7) is 1.15. The number of aromatic amines is 1. The van der Waals surface area contributed by atoms with Crippen molar-refractivity contribution in [2.45, 2.75) is 31.7 Å². The van der Waals surface area contributed by atoms with Gasteiger partial charge in [-0.25, -0.2) is 4.98 Å². The Kier molecular flexibility index (Phi) is 4.62. The van der Waals surface area contributed by atoms with E-state index in [1.165, 1.54) is 0 Å². The second-order valence-corrected chi connectivity index (χ2v) is 6.98. The molecule has 0 amide bonds. The zero-order chi connectivity index (χ0) is 18.8. The largest absolute Gasteiger partial charge is 0.485 e.